The minimum atomic E-state index is -3.12. The van der Waals surface area contributed by atoms with Gasteiger partial charge in [-0.05, 0) is 56.0 Å². The summed E-state index contributed by atoms with van der Waals surface area (Å²) in [5, 5.41) is 10.9. The average Bonchev–Trinajstić information content (AvgIpc) is 3.07. The molecule has 0 amide bonds. The van der Waals surface area contributed by atoms with Gasteiger partial charge in [0.2, 0.25) is 0 Å². The number of aliphatic imine (C=N–C) groups is 1. The first kappa shape index (κ1) is 24.6. The highest BCUT2D eigenvalue weighted by Crippen LogP contribution is 2.16. The smallest absolute Gasteiger partial charge is 0.191 e. The van der Waals surface area contributed by atoms with Crippen molar-refractivity contribution in [3.05, 3.63) is 22.4 Å². The van der Waals surface area contributed by atoms with E-state index in [4.69, 9.17) is 0 Å². The molecular formula is C18H33IN4O2S2. The van der Waals surface area contributed by atoms with Gasteiger partial charge >= 0.3 is 0 Å². The van der Waals surface area contributed by atoms with Crippen LogP contribution in [0, 0.1) is 0 Å². The van der Waals surface area contributed by atoms with Crippen LogP contribution in [0.15, 0.2) is 21.8 Å². The maximum absolute atomic E-state index is 12.2. The lowest BCUT2D eigenvalue weighted by Gasteiger charge is -2.33. The highest BCUT2D eigenvalue weighted by atomic mass is 127. The Labute approximate surface area is 185 Å². The normalized spacial score (nSPS) is 17.4. The average molecular weight is 529 g/mol. The predicted molar refractivity (Wildman–Crippen MR) is 126 cm³/mol. The highest BCUT2D eigenvalue weighted by Gasteiger charge is 2.28. The third-order valence-corrected chi connectivity index (χ3v) is 8.07. The molecule has 1 aromatic rings. The fourth-order valence-electron chi connectivity index (χ4n) is 2.87. The van der Waals surface area contributed by atoms with Crippen molar-refractivity contribution in [3.8, 4) is 0 Å². The molecule has 0 aliphatic carbocycles. The SMILES string of the molecule is CN=C(NCCS(=O)(=O)C(C)(C)C)NC1CCN(Cc2ccsc2)CC1.I. The fourth-order valence-corrected chi connectivity index (χ4v) is 4.52. The first-order chi connectivity index (χ1) is 12.2. The van der Waals surface area contributed by atoms with Crippen LogP contribution in [0.1, 0.15) is 39.2 Å². The zero-order valence-corrected chi connectivity index (χ0v) is 20.7. The highest BCUT2D eigenvalue weighted by molar-refractivity contribution is 14.0. The summed E-state index contributed by atoms with van der Waals surface area (Å²) in [4.78, 5) is 6.71. The molecule has 2 heterocycles. The quantitative estimate of drug-likeness (QED) is 0.338. The van der Waals surface area contributed by atoms with Gasteiger partial charge in [-0.1, -0.05) is 0 Å². The molecule has 27 heavy (non-hydrogen) atoms. The van der Waals surface area contributed by atoms with Crippen molar-refractivity contribution < 1.29 is 8.42 Å². The molecule has 2 N–H and O–H groups in total. The van der Waals surface area contributed by atoms with Gasteiger partial charge in [0.25, 0.3) is 0 Å². The second-order valence-electron chi connectivity index (χ2n) is 7.76. The number of hydrogen-bond acceptors (Lipinski definition) is 5. The van der Waals surface area contributed by atoms with Crippen LogP contribution >= 0.6 is 35.3 Å². The molecule has 1 fully saturated rings. The van der Waals surface area contributed by atoms with E-state index in [2.05, 4.69) is 37.4 Å². The number of guanidine groups is 1. The Kier molecular flexibility index (Phi) is 10.0. The number of nitrogens with zero attached hydrogens (tertiary/aromatic N) is 2. The van der Waals surface area contributed by atoms with Crippen LogP contribution in [0.25, 0.3) is 0 Å². The summed E-state index contributed by atoms with van der Waals surface area (Å²) in [5.74, 6) is 0.793. The Bertz CT molecular complexity index is 677. The molecule has 1 aliphatic heterocycles. The van der Waals surface area contributed by atoms with Crippen molar-refractivity contribution in [3.63, 3.8) is 0 Å². The van der Waals surface area contributed by atoms with E-state index in [0.717, 1.165) is 32.5 Å². The number of halogens is 1. The van der Waals surface area contributed by atoms with Gasteiger partial charge in [0.1, 0.15) is 0 Å². The van der Waals surface area contributed by atoms with E-state index in [9.17, 15) is 8.42 Å². The Morgan fingerprint density at radius 3 is 2.52 bits per heavy atom. The van der Waals surface area contributed by atoms with Gasteiger partial charge in [0.05, 0.1) is 10.5 Å². The summed E-state index contributed by atoms with van der Waals surface area (Å²) in [7, 11) is -1.40. The lowest BCUT2D eigenvalue weighted by molar-refractivity contribution is 0.198. The fraction of sp³-hybridized carbons (Fsp3) is 0.722. The van der Waals surface area contributed by atoms with Crippen LogP contribution in [-0.4, -0.2) is 62.5 Å². The molecule has 0 unspecified atom stereocenters. The van der Waals surface area contributed by atoms with Gasteiger partial charge in [-0.25, -0.2) is 8.42 Å². The molecule has 0 saturated carbocycles. The van der Waals surface area contributed by atoms with E-state index < -0.39 is 14.6 Å². The van der Waals surface area contributed by atoms with Gasteiger partial charge in [-0.2, -0.15) is 11.3 Å². The van der Waals surface area contributed by atoms with Crippen LogP contribution < -0.4 is 10.6 Å². The predicted octanol–water partition coefficient (Wildman–Crippen LogP) is 2.71. The Morgan fingerprint density at radius 2 is 2.00 bits per heavy atom. The second-order valence-corrected chi connectivity index (χ2v) is 11.4. The van der Waals surface area contributed by atoms with Crippen LogP contribution in [0.5, 0.6) is 0 Å². The van der Waals surface area contributed by atoms with Crippen molar-refractivity contribution >= 4 is 51.1 Å². The van der Waals surface area contributed by atoms with Gasteiger partial charge in [0.15, 0.2) is 15.8 Å². The molecule has 0 spiro atoms. The summed E-state index contributed by atoms with van der Waals surface area (Å²) in [5.41, 5.74) is 1.39. The number of rotatable bonds is 6. The summed E-state index contributed by atoms with van der Waals surface area (Å²) in [6.07, 6.45) is 2.12. The van der Waals surface area contributed by atoms with Gasteiger partial charge in [-0.15, -0.1) is 24.0 Å². The van der Waals surface area contributed by atoms with Crippen LogP contribution in [0.4, 0.5) is 0 Å². The zero-order valence-electron chi connectivity index (χ0n) is 16.7. The van der Waals surface area contributed by atoms with Crippen molar-refractivity contribution in [2.24, 2.45) is 4.99 Å². The molecule has 0 aromatic carbocycles. The summed E-state index contributed by atoms with van der Waals surface area (Å²) >= 11 is 1.74. The van der Waals surface area contributed by atoms with E-state index >= 15 is 0 Å². The molecule has 9 heteroatoms. The van der Waals surface area contributed by atoms with Crippen molar-refractivity contribution in [1.82, 2.24) is 15.5 Å². The van der Waals surface area contributed by atoms with Crippen molar-refractivity contribution in [1.29, 1.82) is 0 Å². The molecule has 2 rings (SSSR count). The Balaban J connectivity index is 0.00000364. The summed E-state index contributed by atoms with van der Waals surface area (Å²) in [6.45, 7) is 8.72. The van der Waals surface area contributed by atoms with Gasteiger partial charge in [0, 0.05) is 39.3 Å². The van der Waals surface area contributed by atoms with Crippen molar-refractivity contribution in [2.75, 3.05) is 32.4 Å². The molecule has 0 bridgehead atoms. The standard InChI is InChI=1S/C18H32N4O2S2.HI/c1-18(2,3)26(23,24)12-8-20-17(19-4)21-16-5-9-22(10-6-16)13-15-7-11-25-14-15;/h7,11,14,16H,5-6,8-10,12-13H2,1-4H3,(H2,19,20,21);1H. The Hall–Kier alpha value is -0.390. The minimum Gasteiger partial charge on any atom is -0.355 e. The Morgan fingerprint density at radius 1 is 1.33 bits per heavy atom. The number of hydrogen-bond donors (Lipinski definition) is 2. The monoisotopic (exact) mass is 528 g/mol. The first-order valence-corrected chi connectivity index (χ1v) is 11.7. The summed E-state index contributed by atoms with van der Waals surface area (Å²) < 4.78 is 23.6. The molecule has 156 valence electrons. The molecule has 6 nitrogen and oxygen atoms in total. The first-order valence-electron chi connectivity index (χ1n) is 9.14. The maximum atomic E-state index is 12.2. The zero-order chi connectivity index (χ0) is 19.2. The molecule has 1 aliphatic rings. The molecule has 1 saturated heterocycles. The third-order valence-electron chi connectivity index (χ3n) is 4.73. The van der Waals surface area contributed by atoms with Gasteiger partial charge < -0.3 is 10.6 Å². The van der Waals surface area contributed by atoms with Crippen LogP contribution in [0.2, 0.25) is 0 Å². The van der Waals surface area contributed by atoms with Gasteiger partial charge in [-0.3, -0.25) is 9.89 Å². The number of piperidine rings is 1. The minimum absolute atomic E-state index is 0. The number of thiophene rings is 1. The molecule has 0 atom stereocenters. The largest absolute Gasteiger partial charge is 0.355 e. The lowest BCUT2D eigenvalue weighted by atomic mass is 10.0. The van der Waals surface area contributed by atoms with E-state index in [0.29, 0.717) is 18.5 Å². The third kappa shape index (κ3) is 7.86. The van der Waals surface area contributed by atoms with Crippen LogP contribution in [0.3, 0.4) is 0 Å². The van der Waals surface area contributed by atoms with E-state index in [1.165, 1.54) is 5.56 Å². The lowest BCUT2D eigenvalue weighted by Crippen LogP contribution is -2.49. The van der Waals surface area contributed by atoms with E-state index in [-0.39, 0.29) is 29.7 Å². The van der Waals surface area contributed by atoms with E-state index in [1.54, 1.807) is 39.2 Å². The maximum Gasteiger partial charge on any atom is 0.191 e. The number of nitrogens with one attached hydrogen (secondary N) is 2. The molecule has 1 aromatic heterocycles. The molecule has 0 radical (unpaired) electrons. The van der Waals surface area contributed by atoms with Crippen molar-refractivity contribution in [2.45, 2.75) is 50.9 Å². The second kappa shape index (κ2) is 11.0. The van der Waals surface area contributed by atoms with Crippen LogP contribution in [-0.2, 0) is 16.4 Å². The number of sulfone groups is 1. The molecular weight excluding hydrogens is 495 g/mol. The van der Waals surface area contributed by atoms with E-state index in [1.807, 2.05) is 0 Å². The number of likely N-dealkylation sites (tertiary alicyclic amines) is 1. The summed E-state index contributed by atoms with van der Waals surface area (Å²) in [6, 6.07) is 2.56. The topological polar surface area (TPSA) is 73.8 Å².